The first-order chi connectivity index (χ1) is 14.8. The van der Waals surface area contributed by atoms with Crippen LogP contribution in [0.3, 0.4) is 0 Å². The number of nitrogens with zero attached hydrogens (tertiary/aromatic N) is 4. The molecule has 0 aliphatic heterocycles. The van der Waals surface area contributed by atoms with Gasteiger partial charge in [-0.2, -0.15) is 0 Å². The Morgan fingerprint density at radius 3 is 2.50 bits per heavy atom. The minimum absolute atomic E-state index is 0.694. The Bertz CT molecular complexity index is 1100. The second-order valence-electron chi connectivity index (χ2n) is 8.08. The van der Waals surface area contributed by atoms with Gasteiger partial charge in [-0.15, -0.1) is 0 Å². The predicted molar refractivity (Wildman–Crippen MR) is 119 cm³/mol. The number of aromatic nitrogens is 5. The topological polar surface area (TPSA) is 79.4 Å². The summed E-state index contributed by atoms with van der Waals surface area (Å²) in [5.41, 5.74) is 5.19. The van der Waals surface area contributed by atoms with Crippen LogP contribution in [0.2, 0.25) is 0 Å². The molecule has 3 aromatic heterocycles. The maximum absolute atomic E-state index is 4.68. The summed E-state index contributed by atoms with van der Waals surface area (Å²) in [4.78, 5) is 21.0. The molecule has 1 aromatic carbocycles. The first-order valence-electron chi connectivity index (χ1n) is 10.8. The van der Waals surface area contributed by atoms with Crippen molar-refractivity contribution in [3.63, 3.8) is 0 Å². The summed E-state index contributed by atoms with van der Waals surface area (Å²) in [7, 11) is 0. The first kappa shape index (κ1) is 18.7. The highest BCUT2D eigenvalue weighted by molar-refractivity contribution is 5.82. The van der Waals surface area contributed by atoms with Crippen molar-refractivity contribution in [1.29, 1.82) is 0 Å². The maximum atomic E-state index is 4.68. The van der Waals surface area contributed by atoms with Crippen LogP contribution >= 0.6 is 0 Å². The highest BCUT2D eigenvalue weighted by atomic mass is 15.1. The van der Waals surface area contributed by atoms with Crippen molar-refractivity contribution in [2.45, 2.75) is 45.1 Å². The molecule has 1 saturated carbocycles. The van der Waals surface area contributed by atoms with Gasteiger partial charge in [0.2, 0.25) is 0 Å². The van der Waals surface area contributed by atoms with Gasteiger partial charge in [0, 0.05) is 25.4 Å². The van der Waals surface area contributed by atoms with Crippen LogP contribution in [-0.2, 0) is 13.0 Å². The van der Waals surface area contributed by atoms with E-state index in [0.29, 0.717) is 6.54 Å². The second kappa shape index (κ2) is 8.61. The Kier molecular flexibility index (Phi) is 5.38. The fourth-order valence-corrected chi connectivity index (χ4v) is 4.31. The van der Waals surface area contributed by atoms with Crippen LogP contribution < -0.4 is 5.32 Å². The fraction of sp³-hybridized carbons (Fsp3) is 0.333. The van der Waals surface area contributed by atoms with E-state index in [2.05, 4.69) is 54.5 Å². The van der Waals surface area contributed by atoms with Crippen LogP contribution in [0.25, 0.3) is 22.3 Å². The number of pyridine rings is 1. The van der Waals surface area contributed by atoms with Gasteiger partial charge in [0.15, 0.2) is 11.5 Å². The van der Waals surface area contributed by atoms with Gasteiger partial charge in [-0.3, -0.25) is 4.98 Å². The van der Waals surface area contributed by atoms with Gasteiger partial charge in [0.25, 0.3) is 0 Å². The van der Waals surface area contributed by atoms with Crippen molar-refractivity contribution in [2.24, 2.45) is 5.92 Å². The average Bonchev–Trinajstić information content (AvgIpc) is 3.47. The normalized spacial score (nSPS) is 14.4. The lowest BCUT2D eigenvalue weighted by Crippen LogP contribution is -2.02. The molecule has 0 unspecified atom stereocenters. The van der Waals surface area contributed by atoms with E-state index in [4.69, 9.17) is 0 Å². The van der Waals surface area contributed by atoms with Crippen LogP contribution in [0.15, 0.2) is 55.1 Å². The molecule has 1 aliphatic carbocycles. The zero-order chi connectivity index (χ0) is 20.2. The molecule has 0 radical (unpaired) electrons. The van der Waals surface area contributed by atoms with Crippen molar-refractivity contribution in [2.75, 3.05) is 5.32 Å². The van der Waals surface area contributed by atoms with Crippen LogP contribution in [0, 0.1) is 5.92 Å². The van der Waals surface area contributed by atoms with E-state index in [-0.39, 0.29) is 0 Å². The maximum Gasteiger partial charge on any atom is 0.183 e. The van der Waals surface area contributed by atoms with Gasteiger partial charge in [0.1, 0.15) is 17.7 Å². The number of nitrogens with one attached hydrogen (secondary N) is 2. The molecule has 0 saturated heterocycles. The van der Waals surface area contributed by atoms with Gasteiger partial charge in [-0.25, -0.2) is 15.0 Å². The lowest BCUT2D eigenvalue weighted by atomic mass is 10.0. The third-order valence-corrected chi connectivity index (χ3v) is 6.03. The molecule has 2 N–H and O–H groups in total. The number of aryl methyl sites for hydroxylation is 1. The summed E-state index contributed by atoms with van der Waals surface area (Å²) in [6, 6.07) is 12.6. The molecule has 0 spiro atoms. The smallest absolute Gasteiger partial charge is 0.183 e. The molecule has 30 heavy (non-hydrogen) atoms. The number of hydrogen-bond donors (Lipinski definition) is 2. The lowest BCUT2D eigenvalue weighted by Gasteiger charge is -2.07. The van der Waals surface area contributed by atoms with Gasteiger partial charge in [0.05, 0.1) is 0 Å². The number of rotatable bonds is 7. The molecule has 0 amide bonds. The minimum Gasteiger partial charge on any atom is -0.364 e. The molecule has 4 aromatic rings. The van der Waals surface area contributed by atoms with Crippen LogP contribution in [0.1, 0.15) is 43.5 Å². The van der Waals surface area contributed by atoms with E-state index in [1.807, 2.05) is 24.5 Å². The Balaban J connectivity index is 1.26. The zero-order valence-electron chi connectivity index (χ0n) is 17.0. The van der Waals surface area contributed by atoms with Crippen molar-refractivity contribution in [3.8, 4) is 11.1 Å². The van der Waals surface area contributed by atoms with E-state index in [9.17, 15) is 0 Å². The van der Waals surface area contributed by atoms with Gasteiger partial charge < -0.3 is 10.3 Å². The van der Waals surface area contributed by atoms with Crippen molar-refractivity contribution >= 4 is 17.0 Å². The molecule has 5 rings (SSSR count). The number of fused-ring (bicyclic) bond motifs is 1. The molecular weight excluding hydrogens is 372 g/mol. The Morgan fingerprint density at radius 2 is 1.70 bits per heavy atom. The van der Waals surface area contributed by atoms with Gasteiger partial charge in [-0.05, 0) is 41.2 Å². The van der Waals surface area contributed by atoms with E-state index in [0.717, 1.165) is 35.1 Å². The summed E-state index contributed by atoms with van der Waals surface area (Å²) in [5, 5.41) is 3.44. The molecule has 0 bridgehead atoms. The molecule has 6 nitrogen and oxygen atoms in total. The third-order valence-electron chi connectivity index (χ3n) is 6.03. The number of anilines is 1. The summed E-state index contributed by atoms with van der Waals surface area (Å²) in [6.07, 6.45) is 12.9. The van der Waals surface area contributed by atoms with Crippen LogP contribution in [0.4, 0.5) is 5.82 Å². The van der Waals surface area contributed by atoms with Crippen molar-refractivity contribution in [3.05, 3.63) is 66.5 Å². The number of imidazole rings is 1. The van der Waals surface area contributed by atoms with Gasteiger partial charge >= 0.3 is 0 Å². The zero-order valence-corrected chi connectivity index (χ0v) is 17.0. The molecule has 152 valence electrons. The highest BCUT2D eigenvalue weighted by Gasteiger charge is 2.16. The molecular formula is C24H26N6. The average molecular weight is 399 g/mol. The SMILES string of the molecule is c1cc(-c2ccc(CNc3ncnc4nc(CCC5CCCC5)[nH]c34)cc2)ccn1. The second-order valence-corrected chi connectivity index (χ2v) is 8.08. The highest BCUT2D eigenvalue weighted by Crippen LogP contribution is 2.29. The summed E-state index contributed by atoms with van der Waals surface area (Å²) in [5.74, 6) is 2.68. The van der Waals surface area contributed by atoms with E-state index in [1.165, 1.54) is 48.8 Å². The number of H-pyrrole nitrogens is 1. The van der Waals surface area contributed by atoms with E-state index < -0.39 is 0 Å². The first-order valence-corrected chi connectivity index (χ1v) is 10.8. The van der Waals surface area contributed by atoms with Crippen LogP contribution in [-0.4, -0.2) is 24.9 Å². The van der Waals surface area contributed by atoms with Crippen molar-refractivity contribution < 1.29 is 0 Å². The standard InChI is InChI=1S/C24H26N6/c1-2-4-17(3-1)7-10-21-29-22-23(27-16-28-24(22)30-21)26-15-18-5-8-19(9-6-18)20-11-13-25-14-12-20/h5-6,8-9,11-14,16-17H,1-4,7,10,15H2,(H2,26,27,28,29,30). The number of aromatic amines is 1. The van der Waals surface area contributed by atoms with E-state index >= 15 is 0 Å². The van der Waals surface area contributed by atoms with Crippen LogP contribution in [0.5, 0.6) is 0 Å². The summed E-state index contributed by atoms with van der Waals surface area (Å²) >= 11 is 0. The van der Waals surface area contributed by atoms with Gasteiger partial charge in [-0.1, -0.05) is 49.9 Å². The lowest BCUT2D eigenvalue weighted by molar-refractivity contribution is 0.498. The minimum atomic E-state index is 0.694. The Labute approximate surface area is 176 Å². The fourth-order valence-electron chi connectivity index (χ4n) is 4.31. The quantitative estimate of drug-likeness (QED) is 0.450. The molecule has 1 aliphatic rings. The number of benzene rings is 1. The molecule has 1 fully saturated rings. The molecule has 0 atom stereocenters. The molecule has 6 heteroatoms. The summed E-state index contributed by atoms with van der Waals surface area (Å²) in [6.45, 7) is 0.694. The predicted octanol–water partition coefficient (Wildman–Crippen LogP) is 5.15. The largest absolute Gasteiger partial charge is 0.364 e. The Hall–Kier alpha value is -3.28. The number of hydrogen-bond acceptors (Lipinski definition) is 5. The molecule has 3 heterocycles. The Morgan fingerprint density at radius 1 is 0.933 bits per heavy atom. The summed E-state index contributed by atoms with van der Waals surface area (Å²) < 4.78 is 0. The van der Waals surface area contributed by atoms with E-state index in [1.54, 1.807) is 6.33 Å². The monoisotopic (exact) mass is 398 g/mol. The van der Waals surface area contributed by atoms with Crippen molar-refractivity contribution in [1.82, 2.24) is 24.9 Å². The third kappa shape index (κ3) is 4.17.